The zero-order valence-corrected chi connectivity index (χ0v) is 18.5. The number of rotatable bonds is 6. The second-order valence-corrected chi connectivity index (χ2v) is 7.36. The number of nitrogens with zero attached hydrogens (tertiary/aromatic N) is 5. The Morgan fingerprint density at radius 3 is 2.59 bits per heavy atom. The van der Waals surface area contributed by atoms with Crippen molar-refractivity contribution in [3.8, 4) is 34.1 Å². The highest BCUT2D eigenvalue weighted by Gasteiger charge is 2.15. The maximum absolute atomic E-state index is 12.9. The summed E-state index contributed by atoms with van der Waals surface area (Å²) in [5.74, 6) is 1.34. The summed E-state index contributed by atoms with van der Waals surface area (Å²) in [4.78, 5) is 17.1. The van der Waals surface area contributed by atoms with Gasteiger partial charge in [-0.2, -0.15) is 9.61 Å². The predicted molar refractivity (Wildman–Crippen MR) is 127 cm³/mol. The van der Waals surface area contributed by atoms with Gasteiger partial charge in [-0.15, -0.1) is 10.2 Å². The van der Waals surface area contributed by atoms with Crippen molar-refractivity contribution in [2.45, 2.75) is 0 Å². The number of nitrogens with one attached hydrogen (secondary N) is 1. The van der Waals surface area contributed by atoms with Crippen LogP contribution in [-0.2, 0) is 0 Å². The first-order chi connectivity index (χ1) is 16.7. The van der Waals surface area contributed by atoms with Crippen LogP contribution < -0.4 is 14.8 Å². The molecular weight excluding hydrogens is 432 g/mol. The molecule has 0 saturated heterocycles. The van der Waals surface area contributed by atoms with Crippen LogP contribution >= 0.6 is 0 Å². The first kappa shape index (κ1) is 21.1. The molecule has 0 unspecified atom stereocenters. The summed E-state index contributed by atoms with van der Waals surface area (Å²) in [6.45, 7) is 0. The van der Waals surface area contributed by atoms with E-state index in [0.717, 1.165) is 11.1 Å². The first-order valence-corrected chi connectivity index (χ1v) is 10.4. The van der Waals surface area contributed by atoms with Crippen molar-refractivity contribution in [2.24, 2.45) is 0 Å². The van der Waals surface area contributed by atoms with Crippen LogP contribution in [0.5, 0.6) is 11.5 Å². The zero-order chi connectivity index (χ0) is 23.5. The van der Waals surface area contributed by atoms with Crippen LogP contribution in [0.4, 0.5) is 5.69 Å². The number of anilines is 1. The predicted octanol–water partition coefficient (Wildman–Crippen LogP) is 4.12. The molecule has 0 aliphatic carbocycles. The molecule has 2 aromatic carbocycles. The van der Waals surface area contributed by atoms with E-state index in [1.807, 2.05) is 48.5 Å². The molecule has 1 amide bonds. The Hall–Kier alpha value is -4.79. The molecule has 3 aromatic heterocycles. The summed E-state index contributed by atoms with van der Waals surface area (Å²) in [6, 6.07) is 20.0. The number of amides is 1. The third kappa shape index (κ3) is 4.02. The van der Waals surface area contributed by atoms with E-state index >= 15 is 0 Å². The summed E-state index contributed by atoms with van der Waals surface area (Å²) >= 11 is 0. The molecule has 9 heteroatoms. The third-order valence-corrected chi connectivity index (χ3v) is 5.25. The van der Waals surface area contributed by atoms with Crippen LogP contribution in [-0.4, -0.2) is 44.9 Å². The van der Waals surface area contributed by atoms with Gasteiger partial charge < -0.3 is 14.8 Å². The summed E-state index contributed by atoms with van der Waals surface area (Å²) in [6.07, 6.45) is 3.42. The molecule has 3 heterocycles. The molecule has 0 aliphatic heterocycles. The van der Waals surface area contributed by atoms with Crippen molar-refractivity contribution in [2.75, 3.05) is 19.5 Å². The van der Waals surface area contributed by atoms with Gasteiger partial charge in [-0.05, 0) is 48.5 Å². The van der Waals surface area contributed by atoms with Gasteiger partial charge in [-0.3, -0.25) is 9.78 Å². The fourth-order valence-corrected chi connectivity index (χ4v) is 3.56. The highest BCUT2D eigenvalue weighted by Crippen LogP contribution is 2.27. The van der Waals surface area contributed by atoms with E-state index in [9.17, 15) is 4.79 Å². The van der Waals surface area contributed by atoms with E-state index in [-0.39, 0.29) is 5.91 Å². The second kappa shape index (κ2) is 8.99. The number of methoxy groups -OCH3 is 2. The second-order valence-electron chi connectivity index (χ2n) is 7.36. The van der Waals surface area contributed by atoms with Crippen LogP contribution in [0.2, 0.25) is 0 Å². The number of aromatic nitrogens is 5. The third-order valence-electron chi connectivity index (χ3n) is 5.25. The molecule has 5 aromatic rings. The highest BCUT2D eigenvalue weighted by atomic mass is 16.5. The maximum Gasteiger partial charge on any atom is 0.259 e. The minimum absolute atomic E-state index is 0.294. The average molecular weight is 452 g/mol. The van der Waals surface area contributed by atoms with Gasteiger partial charge >= 0.3 is 0 Å². The molecule has 0 bridgehead atoms. The zero-order valence-electron chi connectivity index (χ0n) is 18.5. The molecule has 0 radical (unpaired) electrons. The molecule has 168 valence electrons. The van der Waals surface area contributed by atoms with E-state index < -0.39 is 0 Å². The number of benzene rings is 2. The summed E-state index contributed by atoms with van der Waals surface area (Å²) in [5.41, 5.74) is 3.99. The SMILES string of the molecule is COc1ccc(C(=O)Nc2cccc(-c3ccc4nnc(-c5cccnc5)n4n3)c2)c(OC)c1. The van der Waals surface area contributed by atoms with Gasteiger partial charge in [0.2, 0.25) is 0 Å². The van der Waals surface area contributed by atoms with E-state index in [0.29, 0.717) is 39.9 Å². The number of ether oxygens (including phenoxy) is 2. The monoisotopic (exact) mass is 452 g/mol. The number of pyridine rings is 1. The minimum Gasteiger partial charge on any atom is -0.497 e. The number of carbonyl (C=O) groups excluding carboxylic acids is 1. The van der Waals surface area contributed by atoms with E-state index in [2.05, 4.69) is 20.5 Å². The van der Waals surface area contributed by atoms with Gasteiger partial charge in [0.1, 0.15) is 11.5 Å². The lowest BCUT2D eigenvalue weighted by Gasteiger charge is -2.11. The van der Waals surface area contributed by atoms with Crippen molar-refractivity contribution in [1.82, 2.24) is 24.8 Å². The Labute approximate surface area is 195 Å². The Bertz CT molecular complexity index is 1480. The fraction of sp³-hybridized carbons (Fsp3) is 0.0800. The molecule has 0 saturated carbocycles. The quantitative estimate of drug-likeness (QED) is 0.413. The normalized spacial score (nSPS) is 10.8. The molecule has 0 atom stereocenters. The molecule has 0 aliphatic rings. The summed E-state index contributed by atoms with van der Waals surface area (Å²) < 4.78 is 12.2. The maximum atomic E-state index is 12.9. The average Bonchev–Trinajstić information content (AvgIpc) is 3.32. The number of fused-ring (bicyclic) bond motifs is 1. The van der Waals surface area contributed by atoms with Crippen LogP contribution in [0.15, 0.2) is 79.1 Å². The van der Waals surface area contributed by atoms with Crippen molar-refractivity contribution < 1.29 is 14.3 Å². The standard InChI is InChI=1S/C25H20N6O3/c1-33-19-8-9-20(22(14-19)34-2)25(32)27-18-7-3-5-16(13-18)21-10-11-23-28-29-24(31(23)30-21)17-6-4-12-26-15-17/h3-15H,1-2H3,(H,27,32). The molecule has 1 N–H and O–H groups in total. The number of carbonyl (C=O) groups is 1. The van der Waals surface area contributed by atoms with E-state index in [4.69, 9.17) is 14.6 Å². The topological polar surface area (TPSA) is 104 Å². The molecule has 0 spiro atoms. The van der Waals surface area contributed by atoms with Crippen LogP contribution in [0.25, 0.3) is 28.3 Å². The van der Waals surface area contributed by atoms with Crippen molar-refractivity contribution in [1.29, 1.82) is 0 Å². The first-order valence-electron chi connectivity index (χ1n) is 10.4. The van der Waals surface area contributed by atoms with Gasteiger partial charge in [-0.1, -0.05) is 12.1 Å². The van der Waals surface area contributed by atoms with Crippen molar-refractivity contribution in [3.05, 3.63) is 84.7 Å². The smallest absolute Gasteiger partial charge is 0.259 e. The Balaban J connectivity index is 1.45. The largest absolute Gasteiger partial charge is 0.497 e. The highest BCUT2D eigenvalue weighted by molar-refractivity contribution is 6.06. The number of hydrogen-bond donors (Lipinski definition) is 1. The number of hydrogen-bond acceptors (Lipinski definition) is 7. The van der Waals surface area contributed by atoms with Gasteiger partial charge in [0.25, 0.3) is 5.91 Å². The molecular formula is C25H20N6O3. The van der Waals surface area contributed by atoms with Gasteiger partial charge in [0.05, 0.1) is 25.5 Å². The Morgan fingerprint density at radius 1 is 0.912 bits per heavy atom. The minimum atomic E-state index is -0.294. The van der Waals surface area contributed by atoms with Gasteiger partial charge in [0.15, 0.2) is 11.5 Å². The lowest BCUT2D eigenvalue weighted by molar-refractivity contribution is 0.102. The van der Waals surface area contributed by atoms with E-state index in [1.165, 1.54) is 7.11 Å². The van der Waals surface area contributed by atoms with Crippen LogP contribution in [0.1, 0.15) is 10.4 Å². The van der Waals surface area contributed by atoms with Crippen LogP contribution in [0, 0.1) is 0 Å². The molecule has 9 nitrogen and oxygen atoms in total. The lowest BCUT2D eigenvalue weighted by atomic mass is 10.1. The molecule has 0 fully saturated rings. The van der Waals surface area contributed by atoms with E-state index in [1.54, 1.807) is 42.2 Å². The summed E-state index contributed by atoms with van der Waals surface area (Å²) in [7, 11) is 3.07. The van der Waals surface area contributed by atoms with Crippen LogP contribution in [0.3, 0.4) is 0 Å². The van der Waals surface area contributed by atoms with Crippen molar-refractivity contribution in [3.63, 3.8) is 0 Å². The molecule has 34 heavy (non-hydrogen) atoms. The lowest BCUT2D eigenvalue weighted by Crippen LogP contribution is -2.13. The summed E-state index contributed by atoms with van der Waals surface area (Å²) in [5, 5.41) is 16.1. The molecule has 5 rings (SSSR count). The Morgan fingerprint density at radius 2 is 1.79 bits per heavy atom. The van der Waals surface area contributed by atoms with Crippen molar-refractivity contribution >= 4 is 17.2 Å². The van der Waals surface area contributed by atoms with Gasteiger partial charge in [-0.25, -0.2) is 0 Å². The van der Waals surface area contributed by atoms with Gasteiger partial charge in [0, 0.05) is 35.3 Å². The fourth-order valence-electron chi connectivity index (χ4n) is 3.56. The Kier molecular flexibility index (Phi) is 5.57.